The lowest BCUT2D eigenvalue weighted by molar-refractivity contribution is 0.0967. The molecule has 21 heavy (non-hydrogen) atoms. The summed E-state index contributed by atoms with van der Waals surface area (Å²) in [6.07, 6.45) is 0.288. The van der Waals surface area contributed by atoms with E-state index in [-0.39, 0.29) is 18.0 Å². The monoisotopic (exact) mass is 282 g/mol. The summed E-state index contributed by atoms with van der Waals surface area (Å²) in [4.78, 5) is 12.5. The molecule has 0 saturated carbocycles. The molecule has 1 aromatic heterocycles. The van der Waals surface area contributed by atoms with E-state index in [1.54, 1.807) is 13.0 Å². The van der Waals surface area contributed by atoms with Gasteiger partial charge in [-0.15, -0.1) is 0 Å². The summed E-state index contributed by atoms with van der Waals surface area (Å²) in [5, 5.41) is 0.656. The largest absolute Gasteiger partial charge is 0.453 e. The molecule has 0 fully saturated rings. The maximum Gasteiger partial charge on any atom is 0.202 e. The van der Waals surface area contributed by atoms with Gasteiger partial charge in [-0.1, -0.05) is 24.3 Å². The predicted molar refractivity (Wildman–Crippen MR) is 80.1 cm³/mol. The molecular formula is C18H15FO2. The number of Topliss-reactive ketones (excluding diaryl/α,β-unsaturated/α-hetero) is 1. The quantitative estimate of drug-likeness (QED) is 0.656. The average Bonchev–Trinajstić information content (AvgIpc) is 2.79. The molecule has 3 aromatic rings. The van der Waals surface area contributed by atoms with Gasteiger partial charge in [0.2, 0.25) is 5.78 Å². The lowest BCUT2D eigenvalue weighted by Crippen LogP contribution is -2.05. The second-order valence-corrected chi connectivity index (χ2v) is 5.22. The minimum Gasteiger partial charge on any atom is -0.453 e. The van der Waals surface area contributed by atoms with E-state index in [1.807, 2.05) is 31.2 Å². The van der Waals surface area contributed by atoms with Crippen LogP contribution in [0.1, 0.15) is 27.2 Å². The van der Waals surface area contributed by atoms with Crippen molar-refractivity contribution in [3.8, 4) is 0 Å². The number of hydrogen-bond acceptors (Lipinski definition) is 2. The Labute approximate surface area is 122 Å². The van der Waals surface area contributed by atoms with Crippen LogP contribution < -0.4 is 0 Å². The van der Waals surface area contributed by atoms with Crippen molar-refractivity contribution in [2.75, 3.05) is 0 Å². The third-order valence-corrected chi connectivity index (χ3v) is 3.76. The summed E-state index contributed by atoms with van der Waals surface area (Å²) >= 11 is 0. The first-order chi connectivity index (χ1) is 10.1. The molecule has 2 aromatic carbocycles. The van der Waals surface area contributed by atoms with Crippen LogP contribution in [0.15, 0.2) is 46.9 Å². The van der Waals surface area contributed by atoms with E-state index >= 15 is 0 Å². The first kappa shape index (κ1) is 13.6. The van der Waals surface area contributed by atoms with Gasteiger partial charge >= 0.3 is 0 Å². The van der Waals surface area contributed by atoms with Gasteiger partial charge in [0.15, 0.2) is 5.76 Å². The molecular weight excluding hydrogens is 267 g/mol. The van der Waals surface area contributed by atoms with Crippen LogP contribution in [0, 0.1) is 19.7 Å². The highest BCUT2D eigenvalue weighted by molar-refractivity contribution is 6.01. The number of benzene rings is 2. The molecule has 0 aliphatic heterocycles. The molecule has 3 rings (SSSR count). The normalized spacial score (nSPS) is 11.0. The fourth-order valence-electron chi connectivity index (χ4n) is 2.52. The van der Waals surface area contributed by atoms with Gasteiger partial charge in [-0.05, 0) is 43.2 Å². The third kappa shape index (κ3) is 2.47. The Bertz CT molecular complexity index is 830. The molecule has 0 aliphatic rings. The van der Waals surface area contributed by atoms with Crippen molar-refractivity contribution in [1.82, 2.24) is 0 Å². The molecule has 1 heterocycles. The van der Waals surface area contributed by atoms with Crippen LogP contribution in [0.3, 0.4) is 0 Å². The number of aryl methyl sites for hydroxylation is 2. The van der Waals surface area contributed by atoms with E-state index in [2.05, 4.69) is 0 Å². The highest BCUT2D eigenvalue weighted by atomic mass is 19.1. The molecule has 0 N–H and O–H groups in total. The number of carbonyl (C=O) groups is 1. The Morgan fingerprint density at radius 3 is 2.67 bits per heavy atom. The zero-order valence-corrected chi connectivity index (χ0v) is 11.9. The molecule has 0 atom stereocenters. The Balaban J connectivity index is 1.99. The summed E-state index contributed by atoms with van der Waals surface area (Å²) < 4.78 is 18.9. The van der Waals surface area contributed by atoms with E-state index in [9.17, 15) is 9.18 Å². The SMILES string of the molecule is Cc1ccccc1CC(=O)c1oc2ccc(F)cc2c1C. The van der Waals surface area contributed by atoms with Gasteiger partial charge in [0, 0.05) is 17.4 Å². The number of rotatable bonds is 3. The van der Waals surface area contributed by atoms with E-state index in [0.717, 1.165) is 11.1 Å². The standard InChI is InChI=1S/C18H15FO2/c1-11-5-3-4-6-13(11)9-16(20)18-12(2)15-10-14(19)7-8-17(15)21-18/h3-8,10H,9H2,1-2H3. The van der Waals surface area contributed by atoms with Crippen molar-refractivity contribution < 1.29 is 13.6 Å². The maximum absolute atomic E-state index is 13.3. The number of furan rings is 1. The molecule has 0 aliphatic carbocycles. The van der Waals surface area contributed by atoms with Crippen LogP contribution in [0.4, 0.5) is 4.39 Å². The summed E-state index contributed by atoms with van der Waals surface area (Å²) in [6.45, 7) is 3.76. The minimum atomic E-state index is -0.329. The van der Waals surface area contributed by atoms with Crippen LogP contribution >= 0.6 is 0 Å². The number of fused-ring (bicyclic) bond motifs is 1. The van der Waals surface area contributed by atoms with Crippen LogP contribution in [0.5, 0.6) is 0 Å². The third-order valence-electron chi connectivity index (χ3n) is 3.76. The molecule has 0 unspecified atom stereocenters. The van der Waals surface area contributed by atoms with E-state index < -0.39 is 0 Å². The van der Waals surface area contributed by atoms with Crippen molar-refractivity contribution in [3.05, 3.63) is 70.7 Å². The fourth-order valence-corrected chi connectivity index (χ4v) is 2.52. The molecule has 0 saturated heterocycles. The van der Waals surface area contributed by atoms with Gasteiger partial charge in [-0.3, -0.25) is 4.79 Å². The molecule has 2 nitrogen and oxygen atoms in total. The Morgan fingerprint density at radius 2 is 1.90 bits per heavy atom. The van der Waals surface area contributed by atoms with Gasteiger partial charge in [0.05, 0.1) is 0 Å². The summed E-state index contributed by atoms with van der Waals surface area (Å²) in [7, 11) is 0. The molecule has 0 spiro atoms. The summed E-state index contributed by atoms with van der Waals surface area (Å²) in [5.74, 6) is -0.0958. The molecule has 0 bridgehead atoms. The highest BCUT2D eigenvalue weighted by Gasteiger charge is 2.18. The Morgan fingerprint density at radius 1 is 1.14 bits per heavy atom. The van der Waals surface area contributed by atoms with Crippen molar-refractivity contribution in [2.24, 2.45) is 0 Å². The van der Waals surface area contributed by atoms with Crippen molar-refractivity contribution in [2.45, 2.75) is 20.3 Å². The fraction of sp³-hybridized carbons (Fsp3) is 0.167. The van der Waals surface area contributed by atoms with E-state index in [1.165, 1.54) is 12.1 Å². The molecule has 0 amide bonds. The van der Waals surface area contributed by atoms with Crippen molar-refractivity contribution in [1.29, 1.82) is 0 Å². The van der Waals surface area contributed by atoms with Crippen LogP contribution in [0.25, 0.3) is 11.0 Å². The second-order valence-electron chi connectivity index (χ2n) is 5.22. The van der Waals surface area contributed by atoms with Crippen LogP contribution in [-0.2, 0) is 6.42 Å². The van der Waals surface area contributed by atoms with E-state index in [4.69, 9.17) is 4.42 Å². The molecule has 0 radical (unpaired) electrons. The lowest BCUT2D eigenvalue weighted by atomic mass is 10.0. The number of ketones is 1. The Hall–Kier alpha value is -2.42. The lowest BCUT2D eigenvalue weighted by Gasteiger charge is -2.03. The number of carbonyl (C=O) groups excluding carboxylic acids is 1. The van der Waals surface area contributed by atoms with Gasteiger partial charge in [0.1, 0.15) is 11.4 Å². The first-order valence-corrected chi connectivity index (χ1v) is 6.82. The molecule has 106 valence electrons. The zero-order valence-electron chi connectivity index (χ0n) is 11.9. The van der Waals surface area contributed by atoms with Gasteiger partial charge in [0.25, 0.3) is 0 Å². The second kappa shape index (κ2) is 5.17. The smallest absolute Gasteiger partial charge is 0.202 e. The highest BCUT2D eigenvalue weighted by Crippen LogP contribution is 2.27. The predicted octanol–water partition coefficient (Wildman–Crippen LogP) is 4.61. The van der Waals surface area contributed by atoms with Crippen molar-refractivity contribution in [3.63, 3.8) is 0 Å². The van der Waals surface area contributed by atoms with Gasteiger partial charge < -0.3 is 4.42 Å². The molecule has 3 heteroatoms. The van der Waals surface area contributed by atoms with Crippen LogP contribution in [0.2, 0.25) is 0 Å². The number of halogens is 1. The zero-order chi connectivity index (χ0) is 15.0. The maximum atomic E-state index is 13.3. The van der Waals surface area contributed by atoms with E-state index in [0.29, 0.717) is 22.3 Å². The van der Waals surface area contributed by atoms with Crippen molar-refractivity contribution >= 4 is 16.8 Å². The Kier molecular flexibility index (Phi) is 3.34. The first-order valence-electron chi connectivity index (χ1n) is 6.82. The topological polar surface area (TPSA) is 30.2 Å². The summed E-state index contributed by atoms with van der Waals surface area (Å²) in [5.41, 5.74) is 3.30. The van der Waals surface area contributed by atoms with Gasteiger partial charge in [-0.2, -0.15) is 0 Å². The summed E-state index contributed by atoms with van der Waals surface area (Å²) in [6, 6.07) is 12.1. The minimum absolute atomic E-state index is 0.0848. The average molecular weight is 282 g/mol. The number of hydrogen-bond donors (Lipinski definition) is 0. The van der Waals surface area contributed by atoms with Crippen LogP contribution in [-0.4, -0.2) is 5.78 Å². The van der Waals surface area contributed by atoms with Gasteiger partial charge in [-0.25, -0.2) is 4.39 Å².